The van der Waals surface area contributed by atoms with Crippen LogP contribution in [0.4, 0.5) is 5.69 Å². The minimum atomic E-state index is -0.524. The Morgan fingerprint density at radius 3 is 2.80 bits per heavy atom. The maximum Gasteiger partial charge on any atom is 0.272 e. The topological polar surface area (TPSA) is 72.6 Å². The predicted molar refractivity (Wildman–Crippen MR) is 75.6 cm³/mol. The summed E-state index contributed by atoms with van der Waals surface area (Å²) in [7, 11) is 0. The monoisotopic (exact) mass is 279 g/mol. The average molecular weight is 279 g/mol. The Kier molecular flexibility index (Phi) is 5.09. The van der Waals surface area contributed by atoms with Crippen molar-refractivity contribution in [2.24, 2.45) is 5.92 Å². The molecule has 5 heteroatoms. The van der Waals surface area contributed by atoms with Gasteiger partial charge in [0.15, 0.2) is 0 Å². The highest BCUT2D eigenvalue weighted by Crippen LogP contribution is 2.34. The van der Waals surface area contributed by atoms with Crippen molar-refractivity contribution in [1.29, 1.82) is 0 Å². The van der Waals surface area contributed by atoms with Crippen LogP contribution in [-0.4, -0.2) is 28.8 Å². The van der Waals surface area contributed by atoms with E-state index in [0.717, 1.165) is 19.4 Å². The van der Waals surface area contributed by atoms with E-state index in [2.05, 4.69) is 0 Å². The van der Waals surface area contributed by atoms with Gasteiger partial charge in [0.1, 0.15) is 0 Å². The van der Waals surface area contributed by atoms with Gasteiger partial charge in [-0.15, -0.1) is 0 Å². The third-order valence-corrected chi connectivity index (χ3v) is 3.84. The number of ether oxygens (including phenoxy) is 1. The van der Waals surface area contributed by atoms with Crippen LogP contribution in [0.2, 0.25) is 0 Å². The van der Waals surface area contributed by atoms with Crippen molar-refractivity contribution in [3.8, 4) is 0 Å². The van der Waals surface area contributed by atoms with Crippen molar-refractivity contribution >= 4 is 5.69 Å². The molecule has 1 fully saturated rings. The second kappa shape index (κ2) is 6.81. The second-order valence-corrected chi connectivity index (χ2v) is 5.39. The molecule has 0 amide bonds. The second-order valence-electron chi connectivity index (χ2n) is 5.39. The molecule has 0 radical (unpaired) electrons. The summed E-state index contributed by atoms with van der Waals surface area (Å²) in [4.78, 5) is 10.5. The van der Waals surface area contributed by atoms with Gasteiger partial charge in [-0.25, -0.2) is 0 Å². The molecular formula is C15H21NO4. The van der Waals surface area contributed by atoms with Crippen LogP contribution in [0.3, 0.4) is 0 Å². The SMILES string of the molecule is CCOC1CC(CC(O)Cc2ccccc2[N+](=O)[O-])C1. The Labute approximate surface area is 118 Å². The van der Waals surface area contributed by atoms with Crippen LogP contribution in [0.15, 0.2) is 24.3 Å². The van der Waals surface area contributed by atoms with E-state index < -0.39 is 11.0 Å². The third kappa shape index (κ3) is 3.77. The molecule has 0 spiro atoms. The third-order valence-electron chi connectivity index (χ3n) is 3.84. The maximum atomic E-state index is 10.9. The molecule has 0 saturated heterocycles. The molecule has 0 bridgehead atoms. The van der Waals surface area contributed by atoms with Crippen LogP contribution in [0, 0.1) is 16.0 Å². The zero-order valence-electron chi connectivity index (χ0n) is 11.7. The Balaban J connectivity index is 1.83. The van der Waals surface area contributed by atoms with Crippen LogP contribution in [0.1, 0.15) is 31.7 Å². The Morgan fingerprint density at radius 2 is 2.15 bits per heavy atom. The molecular weight excluding hydrogens is 258 g/mol. The van der Waals surface area contributed by atoms with E-state index >= 15 is 0 Å². The molecule has 110 valence electrons. The van der Waals surface area contributed by atoms with Gasteiger partial charge in [-0.2, -0.15) is 0 Å². The average Bonchev–Trinajstić information content (AvgIpc) is 2.36. The standard InChI is InChI=1S/C15H21NO4/c1-2-20-14-8-11(9-14)7-13(17)10-12-5-3-4-6-15(12)16(18)19/h3-6,11,13-14,17H,2,7-10H2,1H3. The summed E-state index contributed by atoms with van der Waals surface area (Å²) in [6.07, 6.45) is 2.82. The lowest BCUT2D eigenvalue weighted by atomic mass is 9.78. The van der Waals surface area contributed by atoms with Crippen molar-refractivity contribution in [2.45, 2.75) is 44.8 Å². The molecule has 0 aliphatic heterocycles. The summed E-state index contributed by atoms with van der Waals surface area (Å²) in [6.45, 7) is 2.72. The first-order valence-electron chi connectivity index (χ1n) is 7.12. The molecule has 5 nitrogen and oxygen atoms in total. The van der Waals surface area contributed by atoms with Gasteiger partial charge in [0.05, 0.1) is 17.1 Å². The van der Waals surface area contributed by atoms with E-state index in [-0.39, 0.29) is 5.69 Å². The molecule has 0 heterocycles. The van der Waals surface area contributed by atoms with Crippen LogP contribution in [0.25, 0.3) is 0 Å². The number of aliphatic hydroxyl groups excluding tert-OH is 1. The predicted octanol–water partition coefficient (Wildman–Crippen LogP) is 2.70. The smallest absolute Gasteiger partial charge is 0.272 e. The first kappa shape index (κ1) is 14.9. The summed E-state index contributed by atoms with van der Waals surface area (Å²) in [5.41, 5.74) is 0.693. The molecule has 20 heavy (non-hydrogen) atoms. The van der Waals surface area contributed by atoms with Crippen molar-refractivity contribution in [3.63, 3.8) is 0 Å². The molecule has 0 aromatic heterocycles. The lowest BCUT2D eigenvalue weighted by Gasteiger charge is -2.36. The molecule has 1 saturated carbocycles. The maximum absolute atomic E-state index is 10.9. The number of hydrogen-bond donors (Lipinski definition) is 1. The van der Waals surface area contributed by atoms with Gasteiger partial charge in [0, 0.05) is 24.7 Å². The van der Waals surface area contributed by atoms with Gasteiger partial charge in [0.25, 0.3) is 5.69 Å². The van der Waals surface area contributed by atoms with Gasteiger partial charge in [-0.3, -0.25) is 10.1 Å². The lowest BCUT2D eigenvalue weighted by molar-refractivity contribution is -0.385. The molecule has 1 aromatic rings. The summed E-state index contributed by atoms with van der Waals surface area (Å²) in [5, 5.41) is 21.0. The fourth-order valence-electron chi connectivity index (χ4n) is 2.82. The van der Waals surface area contributed by atoms with Crippen molar-refractivity contribution < 1.29 is 14.8 Å². The van der Waals surface area contributed by atoms with Gasteiger partial charge >= 0.3 is 0 Å². The molecule has 2 rings (SSSR count). The Bertz CT molecular complexity index is 457. The quantitative estimate of drug-likeness (QED) is 0.615. The zero-order chi connectivity index (χ0) is 14.5. The van der Waals surface area contributed by atoms with E-state index in [1.165, 1.54) is 6.07 Å². The number of para-hydroxylation sites is 1. The van der Waals surface area contributed by atoms with Crippen LogP contribution in [0.5, 0.6) is 0 Å². The minimum absolute atomic E-state index is 0.0901. The van der Waals surface area contributed by atoms with Gasteiger partial charge < -0.3 is 9.84 Å². The first-order chi connectivity index (χ1) is 9.60. The van der Waals surface area contributed by atoms with Gasteiger partial charge in [-0.1, -0.05) is 18.2 Å². The van der Waals surface area contributed by atoms with E-state index in [1.54, 1.807) is 18.2 Å². The highest BCUT2D eigenvalue weighted by molar-refractivity contribution is 5.40. The molecule has 1 N–H and O–H groups in total. The number of aliphatic hydroxyl groups is 1. The Hall–Kier alpha value is -1.46. The molecule has 1 unspecified atom stereocenters. The van der Waals surface area contributed by atoms with Gasteiger partial charge in [-0.05, 0) is 32.1 Å². The van der Waals surface area contributed by atoms with E-state index in [1.807, 2.05) is 6.92 Å². The number of benzene rings is 1. The van der Waals surface area contributed by atoms with E-state index in [9.17, 15) is 15.2 Å². The van der Waals surface area contributed by atoms with Crippen molar-refractivity contribution in [1.82, 2.24) is 0 Å². The summed E-state index contributed by atoms with van der Waals surface area (Å²) in [6, 6.07) is 6.61. The summed E-state index contributed by atoms with van der Waals surface area (Å²) >= 11 is 0. The fourth-order valence-corrected chi connectivity index (χ4v) is 2.82. The highest BCUT2D eigenvalue weighted by Gasteiger charge is 2.31. The molecule has 1 aliphatic carbocycles. The van der Waals surface area contributed by atoms with Crippen LogP contribution in [-0.2, 0) is 11.2 Å². The zero-order valence-corrected chi connectivity index (χ0v) is 11.7. The van der Waals surface area contributed by atoms with Crippen molar-refractivity contribution in [2.75, 3.05) is 6.61 Å². The number of nitro benzene ring substituents is 1. The van der Waals surface area contributed by atoms with Gasteiger partial charge in [0.2, 0.25) is 0 Å². The van der Waals surface area contributed by atoms with Crippen LogP contribution >= 0.6 is 0 Å². The number of nitro groups is 1. The minimum Gasteiger partial charge on any atom is -0.393 e. The molecule has 1 aromatic carbocycles. The fraction of sp³-hybridized carbons (Fsp3) is 0.600. The summed E-state index contributed by atoms with van der Waals surface area (Å²) in [5.74, 6) is 0.476. The number of hydrogen-bond acceptors (Lipinski definition) is 4. The normalized spacial score (nSPS) is 23.1. The largest absolute Gasteiger partial charge is 0.393 e. The van der Waals surface area contributed by atoms with Crippen molar-refractivity contribution in [3.05, 3.63) is 39.9 Å². The summed E-state index contributed by atoms with van der Waals surface area (Å²) < 4.78 is 5.49. The van der Waals surface area contributed by atoms with E-state index in [4.69, 9.17) is 4.74 Å². The van der Waals surface area contributed by atoms with Crippen LogP contribution < -0.4 is 0 Å². The molecule has 1 aliphatic rings. The first-order valence-corrected chi connectivity index (χ1v) is 7.12. The molecule has 1 atom stereocenters. The Morgan fingerprint density at radius 1 is 1.45 bits per heavy atom. The highest BCUT2D eigenvalue weighted by atomic mass is 16.6. The lowest BCUT2D eigenvalue weighted by Crippen LogP contribution is -2.34. The number of rotatable bonds is 7. The van der Waals surface area contributed by atoms with E-state index in [0.29, 0.717) is 30.4 Å². The number of nitrogens with zero attached hydrogens (tertiary/aromatic N) is 1.